The number of ether oxygens (including phenoxy) is 1. The molecule has 0 amide bonds. The largest absolute Gasteiger partial charge is 0.415 e. The van der Waals surface area contributed by atoms with Crippen LogP contribution in [0.2, 0.25) is 0 Å². The van der Waals surface area contributed by atoms with E-state index in [9.17, 15) is 25.0 Å². The van der Waals surface area contributed by atoms with Gasteiger partial charge in [-0.1, -0.05) is 6.08 Å². The molecule has 0 saturated heterocycles. The van der Waals surface area contributed by atoms with Crippen molar-refractivity contribution in [1.29, 1.82) is 0 Å². The fraction of sp³-hybridized carbons (Fsp3) is 0. The Balaban J connectivity index is 2.34. The van der Waals surface area contributed by atoms with E-state index in [1.54, 1.807) is 6.08 Å². The average Bonchev–Trinajstić information content (AvgIpc) is 2.92. The molecule has 0 atom stereocenters. The Labute approximate surface area is 111 Å². The highest BCUT2D eigenvalue weighted by Gasteiger charge is 2.23. The summed E-state index contributed by atoms with van der Waals surface area (Å²) >= 11 is 0. The number of esters is 1. The second-order valence-electron chi connectivity index (χ2n) is 3.64. The van der Waals surface area contributed by atoms with Gasteiger partial charge in [0.25, 0.3) is 5.69 Å². The Hall–Kier alpha value is -3.25. The fourth-order valence-electron chi connectivity index (χ4n) is 1.46. The minimum absolute atomic E-state index is 0.109. The first kappa shape index (κ1) is 13.2. The predicted molar refractivity (Wildman–Crippen MR) is 66.1 cm³/mol. The number of nitro benzene ring substituents is 2. The van der Waals surface area contributed by atoms with E-state index >= 15 is 0 Å². The standard InChI is InChI=1S/C12H6N2O6/c15-12(8-3-1-2-4-8)20-11-6-5-9(13(16)17)7-10(11)14(18)19/h1-3,5-7H. The average molecular weight is 274 g/mol. The van der Waals surface area contributed by atoms with Crippen LogP contribution < -0.4 is 4.74 Å². The summed E-state index contributed by atoms with van der Waals surface area (Å²) in [6, 6.07) is 2.76. The minimum Gasteiger partial charge on any atom is -0.415 e. The summed E-state index contributed by atoms with van der Waals surface area (Å²) in [5.74, 6) is -1.19. The smallest absolute Gasteiger partial charge is 0.351 e. The quantitative estimate of drug-likeness (QED) is 0.273. The summed E-state index contributed by atoms with van der Waals surface area (Å²) in [6.07, 6.45) is 4.47. The molecule has 20 heavy (non-hydrogen) atoms. The molecule has 0 unspecified atom stereocenters. The van der Waals surface area contributed by atoms with Crippen molar-refractivity contribution < 1.29 is 19.4 Å². The molecule has 8 heteroatoms. The Morgan fingerprint density at radius 1 is 1.20 bits per heavy atom. The molecule has 0 aromatic heterocycles. The molecule has 8 nitrogen and oxygen atoms in total. The summed E-state index contributed by atoms with van der Waals surface area (Å²) in [7, 11) is 0. The van der Waals surface area contributed by atoms with Crippen LogP contribution in [0, 0.1) is 20.2 Å². The van der Waals surface area contributed by atoms with Crippen LogP contribution in [0.4, 0.5) is 11.4 Å². The molecule has 0 spiro atoms. The number of carbonyl (C=O) groups is 1. The third kappa shape index (κ3) is 2.60. The number of benzene rings is 1. The molecular weight excluding hydrogens is 268 g/mol. The van der Waals surface area contributed by atoms with Gasteiger partial charge in [-0.15, -0.1) is 5.73 Å². The zero-order valence-corrected chi connectivity index (χ0v) is 9.81. The molecule has 1 aliphatic rings. The van der Waals surface area contributed by atoms with Crippen molar-refractivity contribution in [1.82, 2.24) is 0 Å². The van der Waals surface area contributed by atoms with E-state index < -0.39 is 27.2 Å². The van der Waals surface area contributed by atoms with E-state index in [4.69, 9.17) is 4.74 Å². The Morgan fingerprint density at radius 2 is 1.95 bits per heavy atom. The molecule has 1 aliphatic carbocycles. The number of allylic oxidation sites excluding steroid dienone is 1. The highest BCUT2D eigenvalue weighted by atomic mass is 16.6. The number of carbonyl (C=O) groups excluding carboxylic acids is 1. The van der Waals surface area contributed by atoms with Crippen molar-refractivity contribution in [2.45, 2.75) is 0 Å². The van der Waals surface area contributed by atoms with Crippen molar-refractivity contribution in [3.63, 3.8) is 0 Å². The maximum atomic E-state index is 11.7. The van der Waals surface area contributed by atoms with Gasteiger partial charge in [0.15, 0.2) is 0 Å². The fourth-order valence-corrected chi connectivity index (χ4v) is 1.46. The summed E-state index contributed by atoms with van der Waals surface area (Å²) < 4.78 is 4.85. The number of non-ortho nitro benzene ring substituents is 1. The van der Waals surface area contributed by atoms with Crippen molar-refractivity contribution in [3.05, 3.63) is 68.0 Å². The molecule has 0 radical (unpaired) electrons. The molecule has 1 aromatic rings. The molecule has 2 rings (SSSR count). The molecule has 0 N–H and O–H groups in total. The lowest BCUT2D eigenvalue weighted by Crippen LogP contribution is -2.10. The monoisotopic (exact) mass is 274 g/mol. The first-order valence-corrected chi connectivity index (χ1v) is 5.27. The maximum absolute atomic E-state index is 11.7. The van der Waals surface area contributed by atoms with Crippen LogP contribution in [0.5, 0.6) is 5.75 Å². The van der Waals surface area contributed by atoms with Gasteiger partial charge in [-0.3, -0.25) is 20.2 Å². The summed E-state index contributed by atoms with van der Waals surface area (Å²) in [6.45, 7) is 0. The van der Waals surface area contributed by atoms with Gasteiger partial charge in [-0.2, -0.15) is 0 Å². The SMILES string of the molecule is O=C(Oc1ccc([N+](=O)[O-])cc1[N+](=O)[O-])C1=C=CC=C1. The van der Waals surface area contributed by atoms with Crippen molar-refractivity contribution >= 4 is 17.3 Å². The lowest BCUT2D eigenvalue weighted by molar-refractivity contribution is -0.394. The summed E-state index contributed by atoms with van der Waals surface area (Å²) in [5, 5.41) is 21.4. The van der Waals surface area contributed by atoms with Gasteiger partial charge in [0.2, 0.25) is 5.75 Å². The highest BCUT2D eigenvalue weighted by Crippen LogP contribution is 2.31. The second kappa shape index (κ2) is 5.17. The topological polar surface area (TPSA) is 113 Å². The number of hydrogen-bond acceptors (Lipinski definition) is 6. The zero-order valence-electron chi connectivity index (χ0n) is 9.81. The van der Waals surface area contributed by atoms with E-state index in [1.165, 1.54) is 12.2 Å². The van der Waals surface area contributed by atoms with Gasteiger partial charge < -0.3 is 4.74 Å². The van der Waals surface area contributed by atoms with Crippen molar-refractivity contribution in [2.75, 3.05) is 0 Å². The first-order valence-electron chi connectivity index (χ1n) is 5.27. The highest BCUT2D eigenvalue weighted by molar-refractivity contribution is 5.94. The number of nitrogens with zero attached hydrogens (tertiary/aromatic N) is 2. The van der Waals surface area contributed by atoms with Crippen molar-refractivity contribution in [2.24, 2.45) is 0 Å². The molecule has 1 aromatic carbocycles. The Bertz CT molecular complexity index is 713. The van der Waals surface area contributed by atoms with Crippen LogP contribution in [-0.2, 0) is 4.79 Å². The summed E-state index contributed by atoms with van der Waals surface area (Å²) in [5.41, 5.74) is 1.58. The Morgan fingerprint density at radius 3 is 2.50 bits per heavy atom. The predicted octanol–water partition coefficient (Wildman–Crippen LogP) is 2.06. The van der Waals surface area contributed by atoms with Gasteiger partial charge in [0.05, 0.1) is 15.9 Å². The van der Waals surface area contributed by atoms with E-state index in [0.29, 0.717) is 0 Å². The van der Waals surface area contributed by atoms with Gasteiger partial charge in [0.1, 0.15) is 5.57 Å². The molecule has 0 heterocycles. The van der Waals surface area contributed by atoms with Crippen LogP contribution in [0.1, 0.15) is 0 Å². The number of nitro groups is 2. The van der Waals surface area contributed by atoms with E-state index in [0.717, 1.165) is 18.2 Å². The second-order valence-corrected chi connectivity index (χ2v) is 3.64. The lowest BCUT2D eigenvalue weighted by Gasteiger charge is -2.03. The molecule has 0 fully saturated rings. The number of hydrogen-bond donors (Lipinski definition) is 0. The van der Waals surface area contributed by atoms with E-state index in [-0.39, 0.29) is 11.3 Å². The first-order chi connectivity index (χ1) is 9.49. The van der Waals surface area contributed by atoms with Gasteiger partial charge in [-0.25, -0.2) is 4.79 Å². The normalized spacial score (nSPS) is 12.1. The van der Waals surface area contributed by atoms with Gasteiger partial charge >= 0.3 is 11.7 Å². The van der Waals surface area contributed by atoms with Crippen LogP contribution >= 0.6 is 0 Å². The van der Waals surface area contributed by atoms with Crippen molar-refractivity contribution in [3.8, 4) is 5.75 Å². The van der Waals surface area contributed by atoms with E-state index in [2.05, 4.69) is 5.73 Å². The number of rotatable bonds is 4. The minimum atomic E-state index is -0.857. The molecule has 0 saturated carbocycles. The van der Waals surface area contributed by atoms with Crippen LogP contribution in [0.15, 0.2) is 47.7 Å². The Kier molecular flexibility index (Phi) is 3.41. The maximum Gasteiger partial charge on any atom is 0.351 e. The van der Waals surface area contributed by atoms with Crippen LogP contribution in [-0.4, -0.2) is 15.8 Å². The molecule has 0 bridgehead atoms. The third-order valence-corrected chi connectivity index (χ3v) is 2.37. The third-order valence-electron chi connectivity index (χ3n) is 2.37. The van der Waals surface area contributed by atoms with Gasteiger partial charge in [0, 0.05) is 6.07 Å². The summed E-state index contributed by atoms with van der Waals surface area (Å²) in [4.78, 5) is 31.4. The molecular formula is C12H6N2O6. The molecule has 100 valence electrons. The zero-order chi connectivity index (χ0) is 14.7. The van der Waals surface area contributed by atoms with Crippen LogP contribution in [0.3, 0.4) is 0 Å². The van der Waals surface area contributed by atoms with E-state index in [1.807, 2.05) is 0 Å². The molecule has 0 aliphatic heterocycles. The lowest BCUT2D eigenvalue weighted by atomic mass is 10.2. The van der Waals surface area contributed by atoms with Crippen LogP contribution in [0.25, 0.3) is 0 Å². The van der Waals surface area contributed by atoms with Gasteiger partial charge in [-0.05, 0) is 18.2 Å².